The zero-order valence-corrected chi connectivity index (χ0v) is 22.2. The molecule has 1 saturated heterocycles. The van der Waals surface area contributed by atoms with Crippen LogP contribution in [0.4, 0.5) is 13.2 Å². The second-order valence-corrected chi connectivity index (χ2v) is 9.91. The molecule has 9 nitrogen and oxygen atoms in total. The molecule has 1 aromatic heterocycles. The number of halogens is 4. The number of aliphatic hydroxyl groups is 1. The number of amides is 2. The lowest BCUT2D eigenvalue weighted by molar-refractivity contribution is -0.192. The van der Waals surface area contributed by atoms with E-state index < -0.39 is 29.7 Å². The second kappa shape index (κ2) is 11.9. The number of benzene rings is 2. The quantitative estimate of drug-likeness (QED) is 0.356. The van der Waals surface area contributed by atoms with Crippen LogP contribution in [0.15, 0.2) is 60.9 Å². The lowest BCUT2D eigenvalue weighted by Crippen LogP contribution is -2.52. The van der Waals surface area contributed by atoms with Crippen molar-refractivity contribution in [2.75, 3.05) is 6.54 Å². The summed E-state index contributed by atoms with van der Waals surface area (Å²) in [6, 6.07) is 13.7. The number of hydrogen-bond acceptors (Lipinski definition) is 6. The number of aliphatic carboxylic acids is 1. The third kappa shape index (κ3) is 5.90. The molecule has 0 spiro atoms. The van der Waals surface area contributed by atoms with Crippen molar-refractivity contribution in [3.63, 3.8) is 0 Å². The lowest BCUT2D eigenvalue weighted by atomic mass is 9.90. The summed E-state index contributed by atoms with van der Waals surface area (Å²) in [6.07, 6.45) is -0.654. The molecule has 0 radical (unpaired) electrons. The van der Waals surface area contributed by atoms with E-state index in [-0.39, 0.29) is 12.5 Å². The fourth-order valence-corrected chi connectivity index (χ4v) is 5.28. The van der Waals surface area contributed by atoms with Crippen molar-refractivity contribution in [1.82, 2.24) is 15.2 Å². The fourth-order valence-electron chi connectivity index (χ4n) is 5.08. The van der Waals surface area contributed by atoms with Gasteiger partial charge in [-0.25, -0.2) is 4.79 Å². The maximum Gasteiger partial charge on any atom is 0.490 e. The molecule has 1 aliphatic heterocycles. The van der Waals surface area contributed by atoms with Crippen LogP contribution in [-0.4, -0.2) is 56.6 Å². The van der Waals surface area contributed by atoms with Gasteiger partial charge in [-0.3, -0.25) is 14.6 Å². The Morgan fingerprint density at radius 3 is 2.46 bits per heavy atom. The summed E-state index contributed by atoms with van der Waals surface area (Å²) in [5.74, 6) is -3.51. The molecule has 41 heavy (non-hydrogen) atoms. The largest absolute Gasteiger partial charge is 0.490 e. The summed E-state index contributed by atoms with van der Waals surface area (Å²) in [4.78, 5) is 41.6. The Bertz CT molecular complexity index is 1440. The monoisotopic (exact) mass is 590 g/mol. The van der Waals surface area contributed by atoms with Crippen molar-refractivity contribution >= 4 is 29.4 Å². The molecule has 1 fully saturated rings. The number of carbonyl (C=O) groups excluding carboxylic acids is 2. The van der Waals surface area contributed by atoms with E-state index in [1.807, 2.05) is 18.2 Å². The van der Waals surface area contributed by atoms with Gasteiger partial charge in [-0.2, -0.15) is 13.2 Å². The number of carboxylic acid groups (broad SMARTS) is 1. The molecule has 2 aliphatic rings. The highest BCUT2D eigenvalue weighted by atomic mass is 35.5. The molecule has 0 unspecified atom stereocenters. The van der Waals surface area contributed by atoms with Crippen LogP contribution in [0.3, 0.4) is 0 Å². The number of rotatable bonds is 5. The van der Waals surface area contributed by atoms with Crippen LogP contribution in [0.2, 0.25) is 5.02 Å². The summed E-state index contributed by atoms with van der Waals surface area (Å²) in [5.41, 5.74) is 8.19. The molecule has 3 aromatic rings. The second-order valence-electron chi connectivity index (χ2n) is 9.47. The van der Waals surface area contributed by atoms with E-state index in [2.05, 4.69) is 10.3 Å². The third-order valence-corrected chi connectivity index (χ3v) is 7.26. The summed E-state index contributed by atoms with van der Waals surface area (Å²) in [7, 11) is 0. The van der Waals surface area contributed by atoms with Crippen LogP contribution in [0.1, 0.15) is 35.1 Å². The van der Waals surface area contributed by atoms with Gasteiger partial charge in [0.05, 0.1) is 0 Å². The average molecular weight is 591 g/mol. The standard InChI is InChI=1S/C26H25ClN4O3.C2HF3O2/c27-18-8-7-16(13-28)17(12-18)14-30-24(32)23-6-3-11-31(23)25(33)26(34)21-5-2-1-4-19(21)20-15-29-10-9-22(20)26;3-2(4,5)1(6)7/h1-2,4-5,7-10,12,15,23,34H,3,6,11,13-14,28H2,(H,30,32);(H,6,7)/t23-,26+;/m0./s1. The van der Waals surface area contributed by atoms with E-state index in [9.17, 15) is 27.9 Å². The number of alkyl halides is 3. The van der Waals surface area contributed by atoms with Gasteiger partial charge in [-0.15, -0.1) is 0 Å². The lowest BCUT2D eigenvalue weighted by Gasteiger charge is -2.32. The van der Waals surface area contributed by atoms with Gasteiger partial charge in [-0.1, -0.05) is 41.9 Å². The molecule has 13 heteroatoms. The zero-order valence-electron chi connectivity index (χ0n) is 21.5. The molecule has 5 N–H and O–H groups in total. The van der Waals surface area contributed by atoms with E-state index in [4.69, 9.17) is 27.2 Å². The van der Waals surface area contributed by atoms with Crippen LogP contribution in [0.25, 0.3) is 11.1 Å². The van der Waals surface area contributed by atoms with Gasteiger partial charge >= 0.3 is 12.1 Å². The van der Waals surface area contributed by atoms with Gasteiger partial charge in [0.15, 0.2) is 5.60 Å². The summed E-state index contributed by atoms with van der Waals surface area (Å²) in [6.45, 7) is 0.982. The van der Waals surface area contributed by atoms with E-state index in [1.165, 1.54) is 4.90 Å². The molecular weight excluding hydrogens is 565 g/mol. The maximum atomic E-state index is 13.9. The normalized spacial score (nSPS) is 19.1. The van der Waals surface area contributed by atoms with Crippen molar-refractivity contribution in [2.24, 2.45) is 5.73 Å². The van der Waals surface area contributed by atoms with Crippen LogP contribution < -0.4 is 11.1 Å². The minimum atomic E-state index is -5.08. The number of fused-ring (bicyclic) bond motifs is 3. The minimum Gasteiger partial charge on any atom is -0.475 e. The number of carbonyl (C=O) groups is 3. The fraction of sp³-hybridized carbons (Fsp3) is 0.286. The molecule has 5 rings (SSSR count). The van der Waals surface area contributed by atoms with E-state index in [0.717, 1.165) is 22.3 Å². The number of nitrogens with zero attached hydrogens (tertiary/aromatic N) is 2. The van der Waals surface area contributed by atoms with Crippen molar-refractivity contribution in [2.45, 2.75) is 43.8 Å². The predicted octanol–water partition coefficient (Wildman–Crippen LogP) is 3.35. The molecule has 0 bridgehead atoms. The maximum absolute atomic E-state index is 13.9. The highest BCUT2D eigenvalue weighted by Gasteiger charge is 2.52. The molecule has 0 saturated carbocycles. The number of likely N-dealkylation sites (tertiary alicyclic amines) is 1. The molecular formula is C28H26ClF3N4O5. The number of pyridine rings is 1. The Morgan fingerprint density at radius 1 is 1.10 bits per heavy atom. The molecule has 2 heterocycles. The van der Waals surface area contributed by atoms with Crippen LogP contribution >= 0.6 is 11.6 Å². The van der Waals surface area contributed by atoms with Gasteiger partial charge in [0.2, 0.25) is 5.91 Å². The SMILES string of the molecule is NCc1ccc(Cl)cc1CNC(=O)[C@@H]1CCCN1C(=O)[C@@]1(O)c2ccccc2-c2cnccc21.O=C(O)C(F)(F)F. The van der Waals surface area contributed by atoms with Crippen molar-refractivity contribution in [3.05, 3.63) is 88.2 Å². The summed E-state index contributed by atoms with van der Waals surface area (Å²) in [5, 5.41) is 22.5. The van der Waals surface area contributed by atoms with Gasteiger partial charge < -0.3 is 26.2 Å². The van der Waals surface area contributed by atoms with E-state index in [1.54, 1.807) is 42.7 Å². The highest BCUT2D eigenvalue weighted by molar-refractivity contribution is 6.30. The van der Waals surface area contributed by atoms with Crippen LogP contribution in [0.5, 0.6) is 0 Å². The van der Waals surface area contributed by atoms with Crippen molar-refractivity contribution in [1.29, 1.82) is 0 Å². The van der Waals surface area contributed by atoms with Crippen LogP contribution in [0, 0.1) is 0 Å². The number of carboxylic acids is 1. The van der Waals surface area contributed by atoms with E-state index >= 15 is 0 Å². The number of aromatic nitrogens is 1. The van der Waals surface area contributed by atoms with Gasteiger partial charge in [-0.05, 0) is 47.7 Å². The highest BCUT2D eigenvalue weighted by Crippen LogP contribution is 2.48. The first kappa shape index (κ1) is 30.0. The number of nitrogens with two attached hydrogens (primary N) is 1. The topological polar surface area (TPSA) is 146 Å². The van der Waals surface area contributed by atoms with Gasteiger partial charge in [0, 0.05) is 53.7 Å². The zero-order chi connectivity index (χ0) is 29.9. The van der Waals surface area contributed by atoms with Gasteiger partial charge in [0.25, 0.3) is 5.91 Å². The van der Waals surface area contributed by atoms with Crippen molar-refractivity contribution in [3.8, 4) is 11.1 Å². The van der Waals surface area contributed by atoms with E-state index in [0.29, 0.717) is 42.1 Å². The molecule has 2 atom stereocenters. The summed E-state index contributed by atoms with van der Waals surface area (Å²) >= 11 is 6.11. The smallest absolute Gasteiger partial charge is 0.475 e. The average Bonchev–Trinajstić information content (AvgIpc) is 3.54. The molecule has 2 amide bonds. The van der Waals surface area contributed by atoms with Gasteiger partial charge in [0.1, 0.15) is 6.04 Å². The first-order chi connectivity index (χ1) is 19.4. The van der Waals surface area contributed by atoms with Crippen LogP contribution in [-0.2, 0) is 33.1 Å². The third-order valence-electron chi connectivity index (χ3n) is 7.03. The first-order valence-electron chi connectivity index (χ1n) is 12.5. The number of nitrogens with one attached hydrogen (secondary N) is 1. The Hall–Kier alpha value is -4.00. The molecule has 216 valence electrons. The van der Waals surface area contributed by atoms with Crippen molar-refractivity contribution < 1.29 is 37.8 Å². The predicted molar refractivity (Wildman–Crippen MR) is 142 cm³/mol. The number of hydrogen-bond donors (Lipinski definition) is 4. The Morgan fingerprint density at radius 2 is 1.78 bits per heavy atom. The molecule has 1 aliphatic carbocycles. The Balaban J connectivity index is 0.000000493. The Labute approximate surface area is 237 Å². The summed E-state index contributed by atoms with van der Waals surface area (Å²) < 4.78 is 31.7. The Kier molecular flexibility index (Phi) is 8.66. The first-order valence-corrected chi connectivity index (χ1v) is 12.9. The minimum absolute atomic E-state index is 0.256. The molecule has 2 aromatic carbocycles.